The molecule has 0 unspecified atom stereocenters. The lowest BCUT2D eigenvalue weighted by molar-refractivity contribution is 0.395. The second-order valence-corrected chi connectivity index (χ2v) is 11.2. The highest BCUT2D eigenvalue weighted by Gasteiger charge is 2.19. The van der Waals surface area contributed by atoms with E-state index in [-0.39, 0.29) is 51.9 Å². The van der Waals surface area contributed by atoms with E-state index >= 15 is 0 Å². The third-order valence-corrected chi connectivity index (χ3v) is 4.60. The van der Waals surface area contributed by atoms with Gasteiger partial charge >= 0.3 is 0 Å². The summed E-state index contributed by atoms with van der Waals surface area (Å²) in [6, 6.07) is 3.82. The molecule has 2 aromatic heterocycles. The Morgan fingerprint density at radius 2 is 1.36 bits per heavy atom. The average Bonchev–Trinajstić information content (AvgIpc) is 2.77. The van der Waals surface area contributed by atoms with Crippen LogP contribution in [0.1, 0.15) is 49.9 Å². The van der Waals surface area contributed by atoms with Crippen LogP contribution < -0.4 is 10.2 Å². The fourth-order valence-electron chi connectivity index (χ4n) is 2.63. The van der Waals surface area contributed by atoms with Crippen molar-refractivity contribution in [3.8, 4) is 6.07 Å². The molecule has 0 atom stereocenters. The molecule has 1 N–H and O–H groups in total. The lowest BCUT2D eigenvalue weighted by Crippen LogP contribution is -2.30. The highest BCUT2D eigenvalue weighted by molar-refractivity contribution is 6.34. The van der Waals surface area contributed by atoms with Gasteiger partial charge in [0.05, 0.1) is 19.2 Å². The lowest BCUT2D eigenvalue weighted by atomic mass is 9.96. The van der Waals surface area contributed by atoms with Gasteiger partial charge in [-0.3, -0.25) is 0 Å². The van der Waals surface area contributed by atoms with E-state index in [0.29, 0.717) is 12.0 Å². The minimum absolute atomic E-state index is 0. The van der Waals surface area contributed by atoms with E-state index < -0.39 is 11.6 Å². The molecule has 7 nitrogen and oxygen atoms in total. The van der Waals surface area contributed by atoms with Crippen molar-refractivity contribution in [1.82, 2.24) is 15.3 Å². The summed E-state index contributed by atoms with van der Waals surface area (Å²) in [5.74, 6) is -1.08. The first-order chi connectivity index (χ1) is 17.4. The van der Waals surface area contributed by atoms with Gasteiger partial charge in [0.1, 0.15) is 16.1 Å². The van der Waals surface area contributed by atoms with Gasteiger partial charge in [-0.2, -0.15) is 5.26 Å². The maximum atomic E-state index is 13.7. The fraction of sp³-hybridized carbons (Fsp3) is 0.500. The van der Waals surface area contributed by atoms with Crippen molar-refractivity contribution >= 4 is 64.4 Å². The van der Waals surface area contributed by atoms with Crippen molar-refractivity contribution in [2.75, 3.05) is 32.1 Å². The summed E-state index contributed by atoms with van der Waals surface area (Å²) in [5, 5.41) is 10.1. The standard InChI is InChI=1S/C12H15ClFN3.C6HCl2FN2.C6H15N.C2H3N.ClH.H2/c1-12(2,3)7-17(5)11-8(14)6-9(15-4)10(13)16-11;1-10-4-2-3(9)5(7)11-6(4)8;1-6(2,3)5-7-4;1-2-3;;/h6H,7H2,1-3,5H3;2H;7H,5H2,1-4H3;1H3;2*1H. The molecule has 13 heteroatoms. The molecule has 0 saturated heterocycles. The second kappa shape index (κ2) is 19.6. The SMILES string of the molecule is CC#N.CNCC(C)(C)C.Cl.[C-]#[N+]c1cc(F)c(Cl)nc1Cl.[C-]#[N+]c1cc(F)c(N(C)CC(C)(C)C)nc1Cl.[HH]. The number of halogens is 6. The van der Waals surface area contributed by atoms with Crippen LogP contribution in [0, 0.1) is 46.9 Å². The lowest BCUT2D eigenvalue weighted by Gasteiger charge is -2.27. The topological polar surface area (TPSA) is 73.6 Å². The quantitative estimate of drug-likeness (QED) is 0.271. The summed E-state index contributed by atoms with van der Waals surface area (Å²) in [7, 11) is 3.73. The summed E-state index contributed by atoms with van der Waals surface area (Å²) >= 11 is 16.5. The summed E-state index contributed by atoms with van der Waals surface area (Å²) in [6.07, 6.45) is 0. The van der Waals surface area contributed by atoms with Crippen LogP contribution in [-0.4, -0.2) is 37.2 Å². The minimum atomic E-state index is -0.734. The predicted molar refractivity (Wildman–Crippen MR) is 163 cm³/mol. The van der Waals surface area contributed by atoms with Gasteiger partial charge in [-0.05, 0) is 36.6 Å². The van der Waals surface area contributed by atoms with E-state index in [4.69, 9.17) is 53.2 Å². The number of aromatic nitrogens is 2. The van der Waals surface area contributed by atoms with E-state index in [1.54, 1.807) is 18.0 Å². The molecule has 0 bridgehead atoms. The minimum Gasteiger partial charge on any atom is -0.357 e. The van der Waals surface area contributed by atoms with Gasteiger partial charge in [0.2, 0.25) is 11.4 Å². The molecule has 2 rings (SSSR count). The van der Waals surface area contributed by atoms with Crippen LogP contribution in [0.4, 0.5) is 26.0 Å². The average molecular weight is 627 g/mol. The molecule has 2 aromatic rings. The molecule has 0 aliphatic heterocycles. The van der Waals surface area contributed by atoms with Crippen LogP contribution in [-0.2, 0) is 0 Å². The highest BCUT2D eigenvalue weighted by atomic mass is 35.5. The Bertz CT molecular complexity index is 1170. The first-order valence-corrected chi connectivity index (χ1v) is 12.3. The van der Waals surface area contributed by atoms with E-state index in [0.717, 1.165) is 18.7 Å². The molecule has 39 heavy (non-hydrogen) atoms. The van der Waals surface area contributed by atoms with E-state index in [1.807, 2.05) is 7.05 Å². The van der Waals surface area contributed by atoms with Gasteiger partial charge in [0.25, 0.3) is 0 Å². The third kappa shape index (κ3) is 18.5. The molecule has 0 saturated carbocycles. The zero-order valence-electron chi connectivity index (χ0n) is 23.6. The molecule has 0 amide bonds. The molecule has 0 spiro atoms. The van der Waals surface area contributed by atoms with Gasteiger partial charge in [-0.15, -0.1) is 12.4 Å². The summed E-state index contributed by atoms with van der Waals surface area (Å²) < 4.78 is 26.3. The van der Waals surface area contributed by atoms with Crippen molar-refractivity contribution in [3.63, 3.8) is 0 Å². The largest absolute Gasteiger partial charge is 0.357 e. The third-order valence-electron chi connectivity index (χ3n) is 3.78. The van der Waals surface area contributed by atoms with E-state index in [1.165, 1.54) is 6.92 Å². The van der Waals surface area contributed by atoms with Crippen molar-refractivity contribution < 1.29 is 10.2 Å². The Morgan fingerprint density at radius 3 is 1.69 bits per heavy atom. The highest BCUT2D eigenvalue weighted by Crippen LogP contribution is 2.30. The van der Waals surface area contributed by atoms with Gasteiger partial charge in [-0.1, -0.05) is 76.3 Å². The van der Waals surface area contributed by atoms with Crippen LogP contribution in [0.25, 0.3) is 9.69 Å². The Labute approximate surface area is 254 Å². The first-order valence-electron chi connectivity index (χ1n) is 11.2. The van der Waals surface area contributed by atoms with Crippen LogP contribution in [0.15, 0.2) is 12.1 Å². The normalized spacial score (nSPS) is 9.82. The summed E-state index contributed by atoms with van der Waals surface area (Å²) in [5.41, 5.74) is 0.466. The monoisotopic (exact) mass is 625 g/mol. The number of anilines is 1. The maximum absolute atomic E-state index is 13.7. The van der Waals surface area contributed by atoms with Gasteiger partial charge in [0.15, 0.2) is 16.8 Å². The zero-order chi connectivity index (χ0) is 30.3. The van der Waals surface area contributed by atoms with Gasteiger partial charge in [-0.25, -0.2) is 28.4 Å². The van der Waals surface area contributed by atoms with Crippen molar-refractivity contribution in [2.24, 2.45) is 10.8 Å². The molecule has 0 fully saturated rings. The molecule has 0 radical (unpaired) electrons. The van der Waals surface area contributed by atoms with E-state index in [9.17, 15) is 8.78 Å². The van der Waals surface area contributed by atoms with Gasteiger partial charge in [0, 0.05) is 21.9 Å². The predicted octanol–water partition coefficient (Wildman–Crippen LogP) is 9.44. The number of nitrogens with one attached hydrogen (secondary N) is 1. The second-order valence-electron chi connectivity index (χ2n) is 10.1. The first kappa shape index (κ1) is 41.0. The van der Waals surface area contributed by atoms with Crippen molar-refractivity contribution in [3.05, 3.63) is 62.1 Å². The van der Waals surface area contributed by atoms with Crippen LogP contribution in [0.2, 0.25) is 15.5 Å². The number of hydrogen-bond donors (Lipinski definition) is 1. The number of pyridine rings is 2. The van der Waals surface area contributed by atoms with Crippen LogP contribution in [0.5, 0.6) is 0 Å². The number of rotatable bonds is 3. The number of nitrogens with zero attached hydrogens (tertiary/aromatic N) is 6. The van der Waals surface area contributed by atoms with Crippen molar-refractivity contribution in [2.45, 2.75) is 48.5 Å². The maximum Gasteiger partial charge on any atom is 0.226 e. The Kier molecular flexibility index (Phi) is 20.6. The molecule has 0 aromatic carbocycles. The van der Waals surface area contributed by atoms with Crippen LogP contribution >= 0.6 is 47.2 Å². The van der Waals surface area contributed by atoms with E-state index in [2.05, 4.69) is 66.5 Å². The Balaban J connectivity index is -0.000000244. The number of hydrogen-bond acceptors (Lipinski definition) is 5. The fourth-order valence-corrected chi connectivity index (χ4v) is 3.17. The Hall–Kier alpha value is -2.45. The van der Waals surface area contributed by atoms with Crippen LogP contribution in [0.3, 0.4) is 0 Å². The molecule has 218 valence electrons. The Morgan fingerprint density at radius 1 is 0.949 bits per heavy atom. The molecular weight excluding hydrogens is 590 g/mol. The summed E-state index contributed by atoms with van der Waals surface area (Å²) in [4.78, 5) is 15.1. The molecule has 0 aliphatic rings. The zero-order valence-corrected chi connectivity index (χ0v) is 26.6. The van der Waals surface area contributed by atoms with Crippen molar-refractivity contribution in [1.29, 1.82) is 5.26 Å². The number of nitriles is 1. The smallest absolute Gasteiger partial charge is 0.226 e. The molecular formula is C26H37Cl4F2N7. The van der Waals surface area contributed by atoms with Gasteiger partial charge < -0.3 is 10.2 Å². The molecule has 0 aliphatic carbocycles. The summed E-state index contributed by atoms with van der Waals surface area (Å²) in [6.45, 7) is 29.3. The molecule has 2 heterocycles.